The summed E-state index contributed by atoms with van der Waals surface area (Å²) in [5.41, 5.74) is 3.22. The van der Waals surface area contributed by atoms with Crippen molar-refractivity contribution in [3.63, 3.8) is 0 Å². The van der Waals surface area contributed by atoms with Crippen LogP contribution >= 0.6 is 11.6 Å². The van der Waals surface area contributed by atoms with Crippen LogP contribution in [0.15, 0.2) is 55.0 Å². The summed E-state index contributed by atoms with van der Waals surface area (Å²) >= 11 is 6.00. The van der Waals surface area contributed by atoms with Gasteiger partial charge in [0.2, 0.25) is 0 Å². The number of halogens is 1. The number of hydrogen-bond acceptors (Lipinski definition) is 4. The number of pyridine rings is 2. The second-order valence-corrected chi connectivity index (χ2v) is 5.42. The van der Waals surface area contributed by atoms with Crippen LogP contribution < -0.4 is 10.6 Å². The molecule has 0 saturated carbocycles. The average Bonchev–Trinajstić information content (AvgIpc) is 2.55. The molecule has 3 aromatic rings. The minimum Gasteiger partial charge on any atom is -0.383 e. The minimum absolute atomic E-state index is 0.705. The summed E-state index contributed by atoms with van der Waals surface area (Å²) < 4.78 is 0. The Balaban J connectivity index is 1.54. The van der Waals surface area contributed by atoms with Gasteiger partial charge < -0.3 is 10.6 Å². The third kappa shape index (κ3) is 3.72. The van der Waals surface area contributed by atoms with Gasteiger partial charge >= 0.3 is 0 Å². The van der Waals surface area contributed by atoms with Gasteiger partial charge in [-0.25, -0.2) is 0 Å². The molecule has 0 aliphatic rings. The highest BCUT2D eigenvalue weighted by Gasteiger charge is 2.02. The monoisotopic (exact) mass is 312 g/mol. The molecule has 2 heterocycles. The molecule has 0 spiro atoms. The maximum atomic E-state index is 6.00. The minimum atomic E-state index is 0.705. The SMILES string of the molecule is Clc1ccc2c(NCCNCc3ccncc3)ccnc2c1. The van der Waals surface area contributed by atoms with E-state index in [1.165, 1.54) is 5.56 Å². The lowest BCUT2D eigenvalue weighted by atomic mass is 10.2. The second kappa shape index (κ2) is 7.20. The molecule has 112 valence electrons. The third-order valence-electron chi connectivity index (χ3n) is 3.40. The summed E-state index contributed by atoms with van der Waals surface area (Å²) in [4.78, 5) is 8.35. The van der Waals surface area contributed by atoms with E-state index in [1.807, 2.05) is 48.8 Å². The van der Waals surface area contributed by atoms with E-state index in [0.29, 0.717) is 5.02 Å². The fraction of sp³-hybridized carbons (Fsp3) is 0.176. The molecule has 5 heteroatoms. The molecule has 22 heavy (non-hydrogen) atoms. The van der Waals surface area contributed by atoms with Crippen molar-refractivity contribution in [1.82, 2.24) is 15.3 Å². The van der Waals surface area contributed by atoms with Crippen LogP contribution in [0.25, 0.3) is 10.9 Å². The molecular formula is C17H17ClN4. The highest BCUT2D eigenvalue weighted by Crippen LogP contribution is 2.23. The predicted octanol–water partition coefficient (Wildman–Crippen LogP) is 3.48. The van der Waals surface area contributed by atoms with E-state index in [4.69, 9.17) is 11.6 Å². The van der Waals surface area contributed by atoms with Gasteiger partial charge in [-0.15, -0.1) is 0 Å². The van der Waals surface area contributed by atoms with Gasteiger partial charge in [0.15, 0.2) is 0 Å². The lowest BCUT2D eigenvalue weighted by Crippen LogP contribution is -2.21. The van der Waals surface area contributed by atoms with Crippen molar-refractivity contribution in [1.29, 1.82) is 0 Å². The molecule has 0 unspecified atom stereocenters. The van der Waals surface area contributed by atoms with Crippen LogP contribution in [0.3, 0.4) is 0 Å². The molecule has 2 aromatic heterocycles. The van der Waals surface area contributed by atoms with Gasteiger partial charge in [-0.1, -0.05) is 11.6 Å². The zero-order chi connectivity index (χ0) is 15.2. The Morgan fingerprint density at radius 3 is 2.68 bits per heavy atom. The van der Waals surface area contributed by atoms with E-state index in [0.717, 1.165) is 36.2 Å². The first kappa shape index (κ1) is 14.8. The summed E-state index contributed by atoms with van der Waals surface area (Å²) in [6.07, 6.45) is 5.42. The molecule has 0 radical (unpaired) electrons. The van der Waals surface area contributed by atoms with Crippen molar-refractivity contribution in [3.8, 4) is 0 Å². The van der Waals surface area contributed by atoms with Crippen LogP contribution in [0.5, 0.6) is 0 Å². The summed E-state index contributed by atoms with van der Waals surface area (Å²) in [5.74, 6) is 0. The van der Waals surface area contributed by atoms with Crippen LogP contribution in [-0.4, -0.2) is 23.1 Å². The predicted molar refractivity (Wildman–Crippen MR) is 91.2 cm³/mol. The van der Waals surface area contributed by atoms with E-state index in [2.05, 4.69) is 20.6 Å². The Morgan fingerprint density at radius 1 is 0.955 bits per heavy atom. The smallest absolute Gasteiger partial charge is 0.0737 e. The van der Waals surface area contributed by atoms with Crippen molar-refractivity contribution in [2.45, 2.75) is 6.54 Å². The van der Waals surface area contributed by atoms with Crippen LogP contribution in [0.1, 0.15) is 5.56 Å². The van der Waals surface area contributed by atoms with Crippen LogP contribution in [-0.2, 0) is 6.54 Å². The van der Waals surface area contributed by atoms with Gasteiger partial charge in [-0.2, -0.15) is 0 Å². The Bertz CT molecular complexity index is 746. The average molecular weight is 313 g/mol. The molecule has 1 aromatic carbocycles. The Labute approximate surface area is 134 Å². The first-order chi connectivity index (χ1) is 10.8. The standard InChI is InChI=1S/C17H17ClN4/c18-14-1-2-15-16(5-8-21-17(15)11-14)22-10-9-20-12-13-3-6-19-7-4-13/h1-8,11,20H,9-10,12H2,(H,21,22). The number of aromatic nitrogens is 2. The second-order valence-electron chi connectivity index (χ2n) is 4.98. The van der Waals surface area contributed by atoms with E-state index in [-0.39, 0.29) is 0 Å². The summed E-state index contributed by atoms with van der Waals surface area (Å²) in [6.45, 7) is 2.56. The fourth-order valence-electron chi connectivity index (χ4n) is 2.29. The number of nitrogens with one attached hydrogen (secondary N) is 2. The number of hydrogen-bond donors (Lipinski definition) is 2. The number of anilines is 1. The largest absolute Gasteiger partial charge is 0.383 e. The first-order valence-corrected chi connectivity index (χ1v) is 7.58. The number of benzene rings is 1. The maximum absolute atomic E-state index is 6.00. The normalized spacial score (nSPS) is 10.8. The third-order valence-corrected chi connectivity index (χ3v) is 3.64. The Morgan fingerprint density at radius 2 is 1.82 bits per heavy atom. The highest BCUT2D eigenvalue weighted by molar-refractivity contribution is 6.31. The Kier molecular flexibility index (Phi) is 4.83. The van der Waals surface area contributed by atoms with Crippen LogP contribution in [0.2, 0.25) is 5.02 Å². The van der Waals surface area contributed by atoms with Gasteiger partial charge in [0.25, 0.3) is 0 Å². The van der Waals surface area contributed by atoms with E-state index in [9.17, 15) is 0 Å². The van der Waals surface area contributed by atoms with E-state index < -0.39 is 0 Å². The van der Waals surface area contributed by atoms with Crippen LogP contribution in [0, 0.1) is 0 Å². The molecule has 0 aliphatic carbocycles. The van der Waals surface area contributed by atoms with Crippen molar-refractivity contribution in [3.05, 3.63) is 65.6 Å². The molecule has 0 aliphatic heterocycles. The van der Waals surface area contributed by atoms with E-state index >= 15 is 0 Å². The molecule has 0 saturated heterocycles. The highest BCUT2D eigenvalue weighted by atomic mass is 35.5. The molecular weight excluding hydrogens is 296 g/mol. The molecule has 0 atom stereocenters. The summed E-state index contributed by atoms with van der Waals surface area (Å²) in [7, 11) is 0. The molecule has 0 bridgehead atoms. The molecule has 0 amide bonds. The van der Waals surface area contributed by atoms with Crippen molar-refractivity contribution in [2.24, 2.45) is 0 Å². The zero-order valence-corrected chi connectivity index (χ0v) is 12.8. The summed E-state index contributed by atoms with van der Waals surface area (Å²) in [6, 6.07) is 11.8. The lowest BCUT2D eigenvalue weighted by molar-refractivity contribution is 0.706. The van der Waals surface area contributed by atoms with Gasteiger partial charge in [0, 0.05) is 54.3 Å². The number of rotatable bonds is 6. The topological polar surface area (TPSA) is 49.8 Å². The van der Waals surface area contributed by atoms with E-state index in [1.54, 1.807) is 6.20 Å². The number of nitrogens with zero attached hydrogens (tertiary/aromatic N) is 2. The van der Waals surface area contributed by atoms with Crippen molar-refractivity contribution < 1.29 is 0 Å². The molecule has 3 rings (SSSR count). The van der Waals surface area contributed by atoms with Gasteiger partial charge in [0.1, 0.15) is 0 Å². The molecule has 2 N–H and O–H groups in total. The summed E-state index contributed by atoms with van der Waals surface area (Å²) in [5, 5.41) is 8.63. The van der Waals surface area contributed by atoms with Gasteiger partial charge in [0.05, 0.1) is 5.52 Å². The fourth-order valence-corrected chi connectivity index (χ4v) is 2.46. The molecule has 0 fully saturated rings. The zero-order valence-electron chi connectivity index (χ0n) is 12.1. The van der Waals surface area contributed by atoms with Gasteiger partial charge in [-0.05, 0) is 42.0 Å². The maximum Gasteiger partial charge on any atom is 0.0737 e. The number of fused-ring (bicyclic) bond motifs is 1. The molecule has 4 nitrogen and oxygen atoms in total. The first-order valence-electron chi connectivity index (χ1n) is 7.21. The van der Waals surface area contributed by atoms with Gasteiger partial charge in [-0.3, -0.25) is 9.97 Å². The lowest BCUT2D eigenvalue weighted by Gasteiger charge is -2.10. The van der Waals surface area contributed by atoms with Crippen LogP contribution in [0.4, 0.5) is 5.69 Å². The van der Waals surface area contributed by atoms with Crippen molar-refractivity contribution >= 4 is 28.2 Å². The Hall–Kier alpha value is -2.17. The quantitative estimate of drug-likeness (QED) is 0.684. The van der Waals surface area contributed by atoms with Crippen molar-refractivity contribution in [2.75, 3.05) is 18.4 Å².